The molecule has 4 rings (SSSR count). The number of piperidine rings is 1. The Labute approximate surface area is 164 Å². The maximum Gasteiger partial charge on any atom is 0.336 e. The number of carboxylic acids is 1. The lowest BCUT2D eigenvalue weighted by atomic mass is 10.0. The number of carbonyl (C=O) groups is 1. The number of para-hydroxylation sites is 1. The third-order valence-electron chi connectivity index (χ3n) is 5.49. The number of aryl methyl sites for hydroxylation is 1. The van der Waals surface area contributed by atoms with Gasteiger partial charge >= 0.3 is 5.97 Å². The van der Waals surface area contributed by atoms with Crippen LogP contribution >= 0.6 is 0 Å². The van der Waals surface area contributed by atoms with Crippen LogP contribution in [0, 0.1) is 6.92 Å². The summed E-state index contributed by atoms with van der Waals surface area (Å²) in [7, 11) is 0. The van der Waals surface area contributed by atoms with Gasteiger partial charge in [0.1, 0.15) is 0 Å². The molecule has 3 heterocycles. The van der Waals surface area contributed by atoms with Crippen molar-refractivity contribution < 1.29 is 9.90 Å². The van der Waals surface area contributed by atoms with Crippen LogP contribution in [0.4, 0.5) is 5.69 Å². The Morgan fingerprint density at radius 2 is 1.89 bits per heavy atom. The summed E-state index contributed by atoms with van der Waals surface area (Å²) in [5, 5.41) is 14.1. The van der Waals surface area contributed by atoms with Crippen molar-refractivity contribution in [1.29, 1.82) is 0 Å². The Morgan fingerprint density at radius 1 is 1.14 bits per heavy atom. The summed E-state index contributed by atoms with van der Waals surface area (Å²) in [5.74, 6) is -0.921. The molecule has 0 amide bonds. The monoisotopic (exact) mass is 376 g/mol. The van der Waals surface area contributed by atoms with Gasteiger partial charge in [-0.15, -0.1) is 0 Å². The van der Waals surface area contributed by atoms with Crippen molar-refractivity contribution in [2.45, 2.75) is 32.2 Å². The van der Waals surface area contributed by atoms with Crippen LogP contribution < -0.4 is 4.90 Å². The first-order chi connectivity index (χ1) is 13.6. The number of pyridine rings is 1. The van der Waals surface area contributed by atoms with Gasteiger partial charge in [0, 0.05) is 43.8 Å². The third kappa shape index (κ3) is 3.76. The van der Waals surface area contributed by atoms with E-state index in [1.807, 2.05) is 13.0 Å². The Morgan fingerprint density at radius 3 is 2.61 bits per heavy atom. The molecule has 6 nitrogen and oxygen atoms in total. The van der Waals surface area contributed by atoms with E-state index in [9.17, 15) is 9.90 Å². The number of hydrogen-bond acceptors (Lipinski definition) is 4. The summed E-state index contributed by atoms with van der Waals surface area (Å²) in [4.78, 5) is 18.0. The summed E-state index contributed by atoms with van der Waals surface area (Å²) in [5.41, 5.74) is 4.30. The minimum Gasteiger partial charge on any atom is -0.478 e. The Kier molecular flexibility index (Phi) is 5.10. The quantitative estimate of drug-likeness (QED) is 0.735. The Balaban J connectivity index is 1.46. The molecule has 1 fully saturated rings. The highest BCUT2D eigenvalue weighted by atomic mass is 16.4. The van der Waals surface area contributed by atoms with Gasteiger partial charge in [0.2, 0.25) is 0 Å². The molecule has 1 aliphatic heterocycles. The smallest absolute Gasteiger partial charge is 0.336 e. The van der Waals surface area contributed by atoms with Crippen molar-refractivity contribution in [2.24, 2.45) is 0 Å². The van der Waals surface area contributed by atoms with Crippen LogP contribution in [0.3, 0.4) is 0 Å². The van der Waals surface area contributed by atoms with Gasteiger partial charge < -0.3 is 10.0 Å². The summed E-state index contributed by atoms with van der Waals surface area (Å²) >= 11 is 0. The lowest BCUT2D eigenvalue weighted by Crippen LogP contribution is -2.34. The van der Waals surface area contributed by atoms with E-state index in [0.29, 0.717) is 18.0 Å². The molecule has 28 heavy (non-hydrogen) atoms. The molecule has 1 saturated heterocycles. The lowest BCUT2D eigenvalue weighted by molar-refractivity contribution is 0.0695. The van der Waals surface area contributed by atoms with Gasteiger partial charge in [0.05, 0.1) is 17.3 Å². The molecular weight excluding hydrogens is 352 g/mol. The second-order valence-electron chi connectivity index (χ2n) is 7.29. The molecule has 144 valence electrons. The predicted molar refractivity (Wildman–Crippen MR) is 108 cm³/mol. The zero-order chi connectivity index (χ0) is 19.5. The minimum atomic E-state index is -0.921. The molecule has 1 aromatic carbocycles. The standard InChI is InChI=1S/C22H24N4O2/c1-16-18(13-17-14-23-10-7-21(17)22(27)28)15-26(24-16)20-8-11-25(12-9-20)19-5-3-2-4-6-19/h2-7,10,14-15,20H,8-9,11-13H2,1H3,(H,27,28). The van der Waals surface area contributed by atoms with Gasteiger partial charge in [-0.1, -0.05) is 18.2 Å². The molecule has 1 N–H and O–H groups in total. The topological polar surface area (TPSA) is 71.2 Å². The molecule has 0 unspecified atom stereocenters. The Bertz CT molecular complexity index is 960. The first-order valence-corrected chi connectivity index (χ1v) is 9.62. The highest BCUT2D eigenvalue weighted by Gasteiger charge is 2.22. The van der Waals surface area contributed by atoms with Crippen LogP contribution in [-0.4, -0.2) is 38.9 Å². The molecule has 1 aliphatic rings. The van der Waals surface area contributed by atoms with E-state index in [1.165, 1.54) is 11.9 Å². The second kappa shape index (κ2) is 7.84. The fraction of sp³-hybridized carbons (Fsp3) is 0.318. The highest BCUT2D eigenvalue weighted by molar-refractivity contribution is 5.89. The van der Waals surface area contributed by atoms with E-state index in [-0.39, 0.29) is 0 Å². The van der Waals surface area contributed by atoms with E-state index in [0.717, 1.165) is 42.8 Å². The van der Waals surface area contributed by atoms with E-state index in [2.05, 4.69) is 45.0 Å². The zero-order valence-electron chi connectivity index (χ0n) is 16.0. The lowest BCUT2D eigenvalue weighted by Gasteiger charge is -2.33. The Hall–Kier alpha value is -3.15. The van der Waals surface area contributed by atoms with Crippen molar-refractivity contribution in [2.75, 3.05) is 18.0 Å². The van der Waals surface area contributed by atoms with Gasteiger partial charge in [-0.3, -0.25) is 9.67 Å². The number of nitrogens with zero attached hydrogens (tertiary/aromatic N) is 4. The molecule has 0 bridgehead atoms. The van der Waals surface area contributed by atoms with Crippen LogP contribution in [0.5, 0.6) is 0 Å². The number of hydrogen-bond donors (Lipinski definition) is 1. The average Bonchev–Trinajstić information content (AvgIpc) is 3.09. The summed E-state index contributed by atoms with van der Waals surface area (Å²) in [6, 6.07) is 12.4. The molecule has 6 heteroatoms. The van der Waals surface area contributed by atoms with Gasteiger partial charge in [-0.05, 0) is 49.1 Å². The minimum absolute atomic E-state index is 0.304. The molecule has 0 aliphatic carbocycles. The summed E-state index contributed by atoms with van der Waals surface area (Å²) in [6.45, 7) is 4.01. The van der Waals surface area contributed by atoms with Gasteiger partial charge in [-0.2, -0.15) is 5.10 Å². The predicted octanol–water partition coefficient (Wildman–Crippen LogP) is 3.72. The number of carboxylic acid groups (broad SMARTS) is 1. The highest BCUT2D eigenvalue weighted by Crippen LogP contribution is 2.27. The van der Waals surface area contributed by atoms with Crippen molar-refractivity contribution in [3.63, 3.8) is 0 Å². The first-order valence-electron chi connectivity index (χ1n) is 9.62. The van der Waals surface area contributed by atoms with Crippen LogP contribution in [0.15, 0.2) is 55.0 Å². The van der Waals surface area contributed by atoms with E-state index >= 15 is 0 Å². The van der Waals surface area contributed by atoms with Crippen molar-refractivity contribution >= 4 is 11.7 Å². The van der Waals surface area contributed by atoms with E-state index in [4.69, 9.17) is 5.10 Å². The zero-order valence-corrected chi connectivity index (χ0v) is 16.0. The number of rotatable bonds is 5. The maximum absolute atomic E-state index is 11.4. The SMILES string of the molecule is Cc1nn(C2CCN(c3ccccc3)CC2)cc1Cc1cnccc1C(=O)O. The number of benzene rings is 1. The molecule has 0 spiro atoms. The van der Waals surface area contributed by atoms with Gasteiger partial charge in [0.15, 0.2) is 0 Å². The van der Waals surface area contributed by atoms with Gasteiger partial charge in [0.25, 0.3) is 0 Å². The van der Waals surface area contributed by atoms with Gasteiger partial charge in [-0.25, -0.2) is 4.79 Å². The fourth-order valence-electron chi connectivity index (χ4n) is 3.89. The molecular formula is C22H24N4O2. The fourth-order valence-corrected chi connectivity index (χ4v) is 3.89. The number of aromatic carboxylic acids is 1. The largest absolute Gasteiger partial charge is 0.478 e. The normalized spacial score (nSPS) is 15.0. The van der Waals surface area contributed by atoms with Crippen LogP contribution in [0.1, 0.15) is 46.1 Å². The van der Waals surface area contributed by atoms with Crippen LogP contribution in [0.25, 0.3) is 0 Å². The van der Waals surface area contributed by atoms with Crippen LogP contribution in [-0.2, 0) is 6.42 Å². The van der Waals surface area contributed by atoms with E-state index in [1.54, 1.807) is 12.3 Å². The van der Waals surface area contributed by atoms with Crippen molar-refractivity contribution in [3.05, 3.63) is 77.4 Å². The van der Waals surface area contributed by atoms with Crippen molar-refractivity contribution in [1.82, 2.24) is 14.8 Å². The number of aromatic nitrogens is 3. The summed E-state index contributed by atoms with van der Waals surface area (Å²) in [6.07, 6.45) is 7.86. The molecule has 0 saturated carbocycles. The molecule has 3 aromatic rings. The average molecular weight is 376 g/mol. The summed E-state index contributed by atoms with van der Waals surface area (Å²) < 4.78 is 2.07. The second-order valence-corrected chi connectivity index (χ2v) is 7.29. The van der Waals surface area contributed by atoms with Crippen LogP contribution in [0.2, 0.25) is 0 Å². The maximum atomic E-state index is 11.4. The van der Waals surface area contributed by atoms with E-state index < -0.39 is 5.97 Å². The third-order valence-corrected chi connectivity index (χ3v) is 5.49. The molecule has 0 atom stereocenters. The number of anilines is 1. The molecule has 2 aromatic heterocycles. The van der Waals surface area contributed by atoms with Crippen molar-refractivity contribution in [3.8, 4) is 0 Å². The molecule has 0 radical (unpaired) electrons. The first kappa shape index (κ1) is 18.2.